The highest BCUT2D eigenvalue weighted by atomic mass is 16.7. The van der Waals surface area contributed by atoms with Gasteiger partial charge >= 0.3 is 0 Å². The lowest BCUT2D eigenvalue weighted by Gasteiger charge is -2.22. The zero-order valence-corrected chi connectivity index (χ0v) is 9.43. The standard InChI is InChI=1S/C13H18O3/c1-2-4-12(5-3-1)8-14-7-6-13-9-15-11-16-10-13/h1-5,13H,6-11H2. The Hall–Kier alpha value is -0.900. The summed E-state index contributed by atoms with van der Waals surface area (Å²) in [4.78, 5) is 0. The second kappa shape index (κ2) is 6.63. The zero-order valence-electron chi connectivity index (χ0n) is 9.43. The van der Waals surface area contributed by atoms with Crippen molar-refractivity contribution in [1.82, 2.24) is 0 Å². The molecule has 0 radical (unpaired) electrons. The van der Waals surface area contributed by atoms with Crippen LogP contribution in [0.15, 0.2) is 30.3 Å². The maximum Gasteiger partial charge on any atom is 0.146 e. The molecule has 3 nitrogen and oxygen atoms in total. The summed E-state index contributed by atoms with van der Waals surface area (Å²) in [6, 6.07) is 10.2. The van der Waals surface area contributed by atoms with Gasteiger partial charge in [-0.25, -0.2) is 0 Å². The van der Waals surface area contributed by atoms with E-state index in [9.17, 15) is 0 Å². The van der Waals surface area contributed by atoms with E-state index in [0.29, 0.717) is 19.3 Å². The third-order valence-corrected chi connectivity index (χ3v) is 2.66. The van der Waals surface area contributed by atoms with Crippen molar-refractivity contribution in [1.29, 1.82) is 0 Å². The van der Waals surface area contributed by atoms with Crippen molar-refractivity contribution >= 4 is 0 Å². The lowest BCUT2D eigenvalue weighted by Crippen LogP contribution is -2.25. The Balaban J connectivity index is 1.58. The smallest absolute Gasteiger partial charge is 0.146 e. The van der Waals surface area contributed by atoms with Crippen LogP contribution >= 0.6 is 0 Å². The normalized spacial score (nSPS) is 17.5. The first-order valence-electron chi connectivity index (χ1n) is 5.72. The fraction of sp³-hybridized carbons (Fsp3) is 0.538. The van der Waals surface area contributed by atoms with Crippen molar-refractivity contribution < 1.29 is 14.2 Å². The molecule has 16 heavy (non-hydrogen) atoms. The van der Waals surface area contributed by atoms with E-state index in [1.165, 1.54) is 5.56 Å². The van der Waals surface area contributed by atoms with E-state index < -0.39 is 0 Å². The van der Waals surface area contributed by atoms with Gasteiger partial charge in [0.05, 0.1) is 19.8 Å². The van der Waals surface area contributed by atoms with Gasteiger partial charge in [0.15, 0.2) is 0 Å². The molecule has 1 aliphatic rings. The van der Waals surface area contributed by atoms with Crippen LogP contribution in [0.2, 0.25) is 0 Å². The molecule has 88 valence electrons. The molecule has 1 aliphatic heterocycles. The summed E-state index contributed by atoms with van der Waals surface area (Å²) in [5.74, 6) is 0.490. The molecule has 0 aromatic heterocycles. The lowest BCUT2D eigenvalue weighted by molar-refractivity contribution is -0.130. The van der Waals surface area contributed by atoms with Crippen molar-refractivity contribution in [2.45, 2.75) is 13.0 Å². The summed E-state index contributed by atoms with van der Waals surface area (Å²) >= 11 is 0. The Morgan fingerprint density at radius 3 is 2.62 bits per heavy atom. The predicted molar refractivity (Wildman–Crippen MR) is 61.0 cm³/mol. The number of ether oxygens (including phenoxy) is 3. The van der Waals surface area contributed by atoms with Crippen molar-refractivity contribution in [3.63, 3.8) is 0 Å². The molecule has 0 N–H and O–H groups in total. The Morgan fingerprint density at radius 1 is 1.12 bits per heavy atom. The molecule has 2 rings (SSSR count). The van der Waals surface area contributed by atoms with Crippen molar-refractivity contribution in [3.8, 4) is 0 Å². The van der Waals surface area contributed by atoms with E-state index in [1.807, 2.05) is 18.2 Å². The molecule has 1 aromatic carbocycles. The molecule has 1 aromatic rings. The molecule has 0 bridgehead atoms. The second-order valence-electron chi connectivity index (χ2n) is 4.05. The third kappa shape index (κ3) is 3.93. The van der Waals surface area contributed by atoms with E-state index in [0.717, 1.165) is 26.2 Å². The zero-order chi connectivity index (χ0) is 11.1. The Morgan fingerprint density at radius 2 is 1.88 bits per heavy atom. The maximum atomic E-state index is 5.61. The topological polar surface area (TPSA) is 27.7 Å². The van der Waals surface area contributed by atoms with Crippen LogP contribution in [0.25, 0.3) is 0 Å². The van der Waals surface area contributed by atoms with Gasteiger partial charge in [0, 0.05) is 12.5 Å². The van der Waals surface area contributed by atoms with E-state index in [-0.39, 0.29) is 0 Å². The van der Waals surface area contributed by atoms with Gasteiger partial charge in [-0.3, -0.25) is 0 Å². The van der Waals surface area contributed by atoms with Gasteiger partial charge in [-0.1, -0.05) is 30.3 Å². The molecule has 0 atom stereocenters. The number of rotatable bonds is 5. The molecule has 1 heterocycles. The predicted octanol–water partition coefficient (Wildman–Crippen LogP) is 2.21. The van der Waals surface area contributed by atoms with Crippen molar-refractivity contribution in [2.24, 2.45) is 5.92 Å². The van der Waals surface area contributed by atoms with Gasteiger partial charge in [0.1, 0.15) is 6.79 Å². The summed E-state index contributed by atoms with van der Waals surface area (Å²) in [6.45, 7) is 3.51. The largest absolute Gasteiger partial charge is 0.377 e. The highest BCUT2D eigenvalue weighted by Crippen LogP contribution is 2.10. The first-order valence-corrected chi connectivity index (χ1v) is 5.72. The molecule has 3 heteroatoms. The number of benzene rings is 1. The molecule has 0 spiro atoms. The molecule has 0 unspecified atom stereocenters. The molecule has 0 amide bonds. The Kier molecular flexibility index (Phi) is 4.80. The minimum atomic E-state index is 0.446. The minimum absolute atomic E-state index is 0.446. The van der Waals surface area contributed by atoms with Crippen LogP contribution in [0, 0.1) is 5.92 Å². The van der Waals surface area contributed by atoms with Gasteiger partial charge < -0.3 is 14.2 Å². The minimum Gasteiger partial charge on any atom is -0.377 e. The molecule has 0 saturated carbocycles. The molecular formula is C13H18O3. The highest BCUT2D eigenvalue weighted by molar-refractivity contribution is 5.13. The van der Waals surface area contributed by atoms with E-state index in [4.69, 9.17) is 14.2 Å². The van der Waals surface area contributed by atoms with Crippen LogP contribution in [0.1, 0.15) is 12.0 Å². The van der Waals surface area contributed by atoms with E-state index >= 15 is 0 Å². The molecule has 1 fully saturated rings. The van der Waals surface area contributed by atoms with Crippen molar-refractivity contribution in [2.75, 3.05) is 26.6 Å². The summed E-state index contributed by atoms with van der Waals surface area (Å²) < 4.78 is 16.1. The van der Waals surface area contributed by atoms with Gasteiger partial charge in [-0.15, -0.1) is 0 Å². The summed E-state index contributed by atoms with van der Waals surface area (Å²) in [6.07, 6.45) is 1.01. The molecule has 0 aliphatic carbocycles. The monoisotopic (exact) mass is 222 g/mol. The quantitative estimate of drug-likeness (QED) is 0.715. The fourth-order valence-electron chi connectivity index (χ4n) is 1.72. The maximum absolute atomic E-state index is 5.61. The molecule has 1 saturated heterocycles. The van der Waals surface area contributed by atoms with E-state index in [2.05, 4.69) is 12.1 Å². The first-order chi connectivity index (χ1) is 7.95. The van der Waals surface area contributed by atoms with Crippen LogP contribution < -0.4 is 0 Å². The SMILES string of the molecule is c1ccc(COCCC2COCOC2)cc1. The molecular weight excluding hydrogens is 204 g/mol. The van der Waals surface area contributed by atoms with Gasteiger partial charge in [-0.2, -0.15) is 0 Å². The fourth-order valence-corrected chi connectivity index (χ4v) is 1.72. The number of hydrogen-bond acceptors (Lipinski definition) is 3. The Bertz CT molecular complexity index is 280. The summed E-state index contributed by atoms with van der Waals surface area (Å²) in [5, 5.41) is 0. The van der Waals surface area contributed by atoms with Crippen molar-refractivity contribution in [3.05, 3.63) is 35.9 Å². The lowest BCUT2D eigenvalue weighted by atomic mass is 10.1. The van der Waals surface area contributed by atoms with Crippen LogP contribution in [0.3, 0.4) is 0 Å². The summed E-state index contributed by atoms with van der Waals surface area (Å²) in [7, 11) is 0. The van der Waals surface area contributed by atoms with Gasteiger partial charge in [0.2, 0.25) is 0 Å². The highest BCUT2D eigenvalue weighted by Gasteiger charge is 2.13. The average Bonchev–Trinajstić information content (AvgIpc) is 2.37. The van der Waals surface area contributed by atoms with Crippen LogP contribution in [-0.2, 0) is 20.8 Å². The first kappa shape index (κ1) is 11.6. The Labute approximate surface area is 96.3 Å². The van der Waals surface area contributed by atoms with Gasteiger partial charge in [0.25, 0.3) is 0 Å². The van der Waals surface area contributed by atoms with Crippen LogP contribution in [0.5, 0.6) is 0 Å². The van der Waals surface area contributed by atoms with Gasteiger partial charge in [-0.05, 0) is 12.0 Å². The third-order valence-electron chi connectivity index (χ3n) is 2.66. The van der Waals surface area contributed by atoms with Crippen LogP contribution in [-0.4, -0.2) is 26.6 Å². The van der Waals surface area contributed by atoms with E-state index in [1.54, 1.807) is 0 Å². The summed E-state index contributed by atoms with van der Waals surface area (Å²) in [5.41, 5.74) is 1.22. The second-order valence-corrected chi connectivity index (χ2v) is 4.05. The average molecular weight is 222 g/mol. The van der Waals surface area contributed by atoms with Crippen LogP contribution in [0.4, 0.5) is 0 Å². The number of hydrogen-bond donors (Lipinski definition) is 0.